The van der Waals surface area contributed by atoms with Crippen molar-refractivity contribution in [2.45, 2.75) is 88.7 Å². The molecule has 5 atom stereocenters. The molecule has 8 heterocycles. The summed E-state index contributed by atoms with van der Waals surface area (Å²) in [5.74, 6) is 0.625. The standard InChI is InChI=1S/C40H40N6O7/c1-20-11-28(47)35-29(50-20)16-30-34(36(35)48)25-5-4-9-40(38(49)51-37(25)39(2,3)52-30)31(53-40)7-6-21-12-26(45-32(41)13-21)23-14-24(44-33(42)15-23)18-46-17-22-8-10-43-27(22)19-46/h8,10-16,19,25,31,37,48H,4-7,9,17-18H2,1-3H3,(H2,41,45)(H2,42,44)/p+1/t25-,31+,37+,40-/m0/s1. The molecule has 2 saturated heterocycles. The van der Waals surface area contributed by atoms with Crippen LogP contribution in [-0.4, -0.2) is 57.2 Å². The number of esters is 1. The Bertz CT molecular complexity index is 2380. The lowest BCUT2D eigenvalue weighted by Gasteiger charge is -2.45. The fourth-order valence-corrected chi connectivity index (χ4v) is 8.71. The topological polar surface area (TPSA) is 193 Å². The van der Waals surface area contributed by atoms with E-state index >= 15 is 0 Å². The first-order valence-corrected chi connectivity index (χ1v) is 18.1. The molecule has 0 aliphatic carbocycles. The fourth-order valence-electron chi connectivity index (χ4n) is 8.71. The zero-order chi connectivity index (χ0) is 36.8. The fraction of sp³-hybridized carbons (Fsp3) is 0.375. The summed E-state index contributed by atoms with van der Waals surface area (Å²) in [6.07, 6.45) is 7.81. The number of anilines is 2. The number of aromatic hydroxyl groups is 1. The van der Waals surface area contributed by atoms with Crippen LogP contribution in [0.4, 0.5) is 11.6 Å². The van der Waals surface area contributed by atoms with Gasteiger partial charge in [-0.25, -0.2) is 14.8 Å². The van der Waals surface area contributed by atoms with Gasteiger partial charge in [-0.05, 0) is 88.8 Å². The van der Waals surface area contributed by atoms with Crippen LogP contribution >= 0.6 is 0 Å². The van der Waals surface area contributed by atoms with E-state index < -0.39 is 29.2 Å². The molecule has 3 aromatic heterocycles. The molecule has 13 heteroatoms. The summed E-state index contributed by atoms with van der Waals surface area (Å²) in [6, 6.07) is 10.7. The summed E-state index contributed by atoms with van der Waals surface area (Å²) in [7, 11) is 0. The normalized spacial score (nSPS) is 26.5. The van der Waals surface area contributed by atoms with Crippen LogP contribution in [0.3, 0.4) is 0 Å². The predicted octanol–water partition coefficient (Wildman–Crippen LogP) is 3.80. The number of aromatic nitrogens is 2. The van der Waals surface area contributed by atoms with Crippen LogP contribution in [0.25, 0.3) is 22.2 Å². The minimum Gasteiger partial charge on any atom is -0.507 e. The molecule has 4 aromatic rings. The Morgan fingerprint density at radius 1 is 1.06 bits per heavy atom. The molecular formula is C40H41N6O7+. The van der Waals surface area contributed by atoms with Crippen LogP contribution in [0.1, 0.15) is 68.0 Å². The number of quaternary nitrogens is 1. The second kappa shape index (κ2) is 12.0. The largest absolute Gasteiger partial charge is 0.507 e. The van der Waals surface area contributed by atoms with E-state index in [0.717, 1.165) is 29.1 Å². The summed E-state index contributed by atoms with van der Waals surface area (Å²) in [4.78, 5) is 41.7. The van der Waals surface area contributed by atoms with E-state index in [0.29, 0.717) is 73.1 Å². The molecule has 9 rings (SSSR count). The number of carbonyl (C=O) groups is 1. The Balaban J connectivity index is 0.910. The van der Waals surface area contributed by atoms with E-state index in [9.17, 15) is 14.7 Å². The zero-order valence-corrected chi connectivity index (χ0v) is 29.8. The van der Waals surface area contributed by atoms with Crippen molar-refractivity contribution in [1.29, 1.82) is 0 Å². The third kappa shape index (κ3) is 5.75. The number of nitrogen functional groups attached to an aromatic ring is 2. The maximum absolute atomic E-state index is 14.0. The highest BCUT2D eigenvalue weighted by molar-refractivity contribution is 5.88. The molecule has 272 valence electrons. The Morgan fingerprint density at radius 3 is 2.72 bits per heavy atom. The number of ether oxygens (including phenoxy) is 3. The van der Waals surface area contributed by atoms with Crippen molar-refractivity contribution >= 4 is 34.8 Å². The smallest absolute Gasteiger partial charge is 0.341 e. The van der Waals surface area contributed by atoms with Crippen LogP contribution in [0.5, 0.6) is 11.5 Å². The van der Waals surface area contributed by atoms with Gasteiger partial charge in [-0.2, -0.15) is 0 Å². The van der Waals surface area contributed by atoms with Gasteiger partial charge in [0.15, 0.2) is 11.0 Å². The number of aryl methyl sites for hydroxylation is 2. The first kappa shape index (κ1) is 33.3. The van der Waals surface area contributed by atoms with Crippen molar-refractivity contribution in [3.8, 4) is 22.8 Å². The van der Waals surface area contributed by atoms with Crippen molar-refractivity contribution in [2.75, 3.05) is 18.0 Å². The van der Waals surface area contributed by atoms with Crippen LogP contribution < -0.4 is 26.5 Å². The van der Waals surface area contributed by atoms with Gasteiger partial charge in [0, 0.05) is 41.0 Å². The number of benzene rings is 1. The average Bonchev–Trinajstić information content (AvgIpc) is 3.40. The van der Waals surface area contributed by atoms with Crippen molar-refractivity contribution in [1.82, 2.24) is 9.97 Å². The first-order chi connectivity index (χ1) is 25.4. The summed E-state index contributed by atoms with van der Waals surface area (Å²) in [6.45, 7) is 6.92. The summed E-state index contributed by atoms with van der Waals surface area (Å²) in [5, 5.41) is 11.5. The molecule has 0 bridgehead atoms. The molecule has 13 nitrogen and oxygen atoms in total. The van der Waals surface area contributed by atoms with Gasteiger partial charge in [0.2, 0.25) is 0 Å². The highest BCUT2D eigenvalue weighted by Gasteiger charge is 2.65. The maximum atomic E-state index is 14.0. The number of hydrogen-bond acceptors (Lipinski definition) is 12. The van der Waals surface area contributed by atoms with Gasteiger partial charge < -0.3 is 35.2 Å². The maximum Gasteiger partial charge on any atom is 0.341 e. The zero-order valence-electron chi connectivity index (χ0n) is 29.8. The van der Waals surface area contributed by atoms with E-state index in [4.69, 9.17) is 30.1 Å². The number of nitrogens with zero attached hydrogens (tertiary/aromatic N) is 3. The molecule has 1 unspecified atom stereocenters. The van der Waals surface area contributed by atoms with Gasteiger partial charge in [-0.1, -0.05) is 0 Å². The van der Waals surface area contributed by atoms with Gasteiger partial charge in [0.1, 0.15) is 76.6 Å². The number of aliphatic imine (C=N–C) groups is 1. The SMILES string of the molecule is Cc1cc(=O)c2c(O)c3c(cc2o1)OC(C)(C)[C@@H]1OC(=O)[C@@]2(CCC[C@@H]31)O[C@@H]2CCc1cc(N)nc(-c2cc(N)nc(C[NH+]3C=C4N=CC=C4C3)c2)c1. The number of hydrogen-bond donors (Lipinski definition) is 4. The minimum atomic E-state index is -1.06. The monoisotopic (exact) mass is 717 g/mol. The molecule has 6 N–H and O–H groups in total. The van der Waals surface area contributed by atoms with Crippen LogP contribution in [0, 0.1) is 6.92 Å². The predicted molar refractivity (Wildman–Crippen MR) is 196 cm³/mol. The van der Waals surface area contributed by atoms with Gasteiger partial charge in [0.25, 0.3) is 0 Å². The number of phenols is 1. The molecule has 0 radical (unpaired) electrons. The lowest BCUT2D eigenvalue weighted by Crippen LogP contribution is -3.04. The highest BCUT2D eigenvalue weighted by atomic mass is 16.7. The lowest BCUT2D eigenvalue weighted by molar-refractivity contribution is -0.852. The molecular weight excluding hydrogens is 676 g/mol. The Kier molecular flexibility index (Phi) is 7.54. The molecule has 0 saturated carbocycles. The molecule has 0 amide bonds. The Morgan fingerprint density at radius 2 is 1.89 bits per heavy atom. The number of nitrogens with two attached hydrogens (primary N) is 2. The van der Waals surface area contributed by atoms with Crippen LogP contribution in [0.15, 0.2) is 74.1 Å². The molecule has 5 aliphatic rings. The quantitative estimate of drug-likeness (QED) is 0.168. The van der Waals surface area contributed by atoms with E-state index in [1.54, 1.807) is 19.1 Å². The number of allylic oxidation sites excluding steroid dienone is 1. The van der Waals surface area contributed by atoms with Gasteiger partial charge in [0.05, 0.1) is 17.5 Å². The van der Waals surface area contributed by atoms with Crippen LogP contribution in [-0.2, 0) is 27.2 Å². The number of epoxide rings is 1. The number of carbonyl (C=O) groups excluding carboxylic acids is 1. The Hall–Kier alpha value is -5.53. The molecule has 5 aliphatic heterocycles. The van der Waals surface area contributed by atoms with E-state index in [1.807, 2.05) is 44.3 Å². The van der Waals surface area contributed by atoms with Gasteiger partial charge in [-0.15, -0.1) is 0 Å². The van der Waals surface area contributed by atoms with Crippen LogP contribution in [0.2, 0.25) is 0 Å². The van der Waals surface area contributed by atoms with Gasteiger partial charge in [-0.3, -0.25) is 14.7 Å². The van der Waals surface area contributed by atoms with Crippen molar-refractivity contribution < 1.29 is 33.4 Å². The number of fused-ring (bicyclic) bond motifs is 5. The summed E-state index contributed by atoms with van der Waals surface area (Å²) in [5.41, 5.74) is 16.5. The number of pyridine rings is 2. The number of phenolic OH excluding ortho intramolecular Hbond substituents is 1. The molecule has 1 spiro atoms. The first-order valence-electron chi connectivity index (χ1n) is 18.1. The number of nitrogens with one attached hydrogen (secondary N) is 1. The molecule has 1 aromatic carbocycles. The van der Waals surface area contributed by atoms with Crippen molar-refractivity contribution in [3.63, 3.8) is 0 Å². The van der Waals surface area contributed by atoms with E-state index in [-0.39, 0.29) is 28.3 Å². The summed E-state index contributed by atoms with van der Waals surface area (Å²) >= 11 is 0. The molecule has 53 heavy (non-hydrogen) atoms. The van der Waals surface area contributed by atoms with Gasteiger partial charge >= 0.3 is 5.97 Å². The average molecular weight is 718 g/mol. The Labute approximate surface area is 305 Å². The van der Waals surface area contributed by atoms with Crippen molar-refractivity contribution in [3.05, 3.63) is 92.7 Å². The van der Waals surface area contributed by atoms with Crippen molar-refractivity contribution in [2.24, 2.45) is 4.99 Å². The second-order valence-electron chi connectivity index (χ2n) is 15.4. The minimum absolute atomic E-state index is 0.0936. The lowest BCUT2D eigenvalue weighted by atomic mass is 9.76. The van der Waals surface area contributed by atoms with E-state index in [1.165, 1.54) is 16.5 Å². The molecule has 2 fully saturated rings. The summed E-state index contributed by atoms with van der Waals surface area (Å²) < 4.78 is 24.6. The third-order valence-corrected chi connectivity index (χ3v) is 11.1. The highest BCUT2D eigenvalue weighted by Crippen LogP contribution is 2.54. The number of rotatable bonds is 6. The second-order valence-corrected chi connectivity index (χ2v) is 15.4. The third-order valence-electron chi connectivity index (χ3n) is 11.1. The van der Waals surface area contributed by atoms with E-state index in [2.05, 4.69) is 21.2 Å².